The minimum atomic E-state index is -4.95. The van der Waals surface area contributed by atoms with Gasteiger partial charge in [0.1, 0.15) is 6.07 Å². The lowest BCUT2D eigenvalue weighted by atomic mass is 10.0. The number of aromatic nitrogens is 1. The van der Waals surface area contributed by atoms with Crippen molar-refractivity contribution in [1.82, 2.24) is 9.88 Å². The first-order chi connectivity index (χ1) is 14.6. The molecular formula is C21H20F4N4O2. The van der Waals surface area contributed by atoms with Gasteiger partial charge in [-0.05, 0) is 43.7 Å². The van der Waals surface area contributed by atoms with Gasteiger partial charge in [0, 0.05) is 37.1 Å². The molecule has 4 rings (SSSR count). The largest absolute Gasteiger partial charge is 0.471 e. The number of pyridine rings is 1. The average molecular weight is 436 g/mol. The summed E-state index contributed by atoms with van der Waals surface area (Å²) in [5.74, 6) is -3.00. The number of nitrogens with zero attached hydrogens (tertiary/aromatic N) is 3. The Morgan fingerprint density at radius 2 is 2.00 bits per heavy atom. The molecule has 1 N–H and O–H groups in total. The van der Waals surface area contributed by atoms with Gasteiger partial charge in [0.15, 0.2) is 5.82 Å². The van der Waals surface area contributed by atoms with Crippen LogP contribution in [-0.4, -0.2) is 36.3 Å². The SMILES string of the molecule is Cc1c(N2CCC(CNC(=O)C(F)(F)F)C2)c(F)c(C#N)c2ccc(=O)n(C3CC3)c12. The first kappa shape index (κ1) is 21.2. The third-order valence-electron chi connectivity index (χ3n) is 5.97. The number of carbonyl (C=O) groups is 1. The quantitative estimate of drug-likeness (QED) is 0.747. The normalized spacial score (nSPS) is 19.0. The standard InChI is InChI=1S/C21H20F4N4O2/c1-11-18-14(4-5-16(30)29(18)13-2-3-13)15(8-26)17(22)19(11)28-7-6-12(10-28)9-27-20(31)21(23,24)25/h4-5,12-13H,2-3,6-7,9-10H2,1H3,(H,27,31). The number of nitriles is 1. The molecule has 1 aromatic carbocycles. The fraction of sp³-hybridized carbons (Fsp3) is 0.476. The molecule has 1 saturated heterocycles. The smallest absolute Gasteiger partial charge is 0.368 e. The molecule has 1 unspecified atom stereocenters. The molecule has 0 radical (unpaired) electrons. The molecule has 1 saturated carbocycles. The topological polar surface area (TPSA) is 78.1 Å². The van der Waals surface area contributed by atoms with Gasteiger partial charge in [0.05, 0.1) is 16.8 Å². The third kappa shape index (κ3) is 3.73. The Balaban J connectivity index is 1.70. The minimum Gasteiger partial charge on any atom is -0.368 e. The van der Waals surface area contributed by atoms with E-state index in [-0.39, 0.29) is 41.9 Å². The van der Waals surface area contributed by atoms with Gasteiger partial charge in [-0.15, -0.1) is 0 Å². The van der Waals surface area contributed by atoms with E-state index in [1.54, 1.807) is 16.4 Å². The lowest BCUT2D eigenvalue weighted by molar-refractivity contribution is -0.173. The van der Waals surface area contributed by atoms with Gasteiger partial charge < -0.3 is 14.8 Å². The van der Waals surface area contributed by atoms with Crippen LogP contribution in [0.1, 0.15) is 36.4 Å². The van der Waals surface area contributed by atoms with Crippen molar-refractivity contribution in [1.29, 1.82) is 5.26 Å². The molecule has 1 aliphatic heterocycles. The summed E-state index contributed by atoms with van der Waals surface area (Å²) in [5, 5.41) is 11.9. The molecule has 0 spiro atoms. The average Bonchev–Trinajstić information content (AvgIpc) is 3.44. The number of amides is 1. The maximum Gasteiger partial charge on any atom is 0.471 e. The van der Waals surface area contributed by atoms with Crippen molar-refractivity contribution in [2.45, 2.75) is 38.4 Å². The van der Waals surface area contributed by atoms with Crippen LogP contribution >= 0.6 is 0 Å². The van der Waals surface area contributed by atoms with Gasteiger partial charge in [-0.2, -0.15) is 18.4 Å². The van der Waals surface area contributed by atoms with Crippen LogP contribution in [0.25, 0.3) is 10.9 Å². The summed E-state index contributed by atoms with van der Waals surface area (Å²) in [7, 11) is 0. The highest BCUT2D eigenvalue weighted by atomic mass is 19.4. The van der Waals surface area contributed by atoms with Crippen LogP contribution in [0.15, 0.2) is 16.9 Å². The van der Waals surface area contributed by atoms with E-state index in [9.17, 15) is 28.0 Å². The summed E-state index contributed by atoms with van der Waals surface area (Å²) < 4.78 is 54.2. The molecule has 1 aromatic heterocycles. The number of rotatable bonds is 4. The molecule has 1 atom stereocenters. The molecule has 31 heavy (non-hydrogen) atoms. The number of fused-ring (bicyclic) bond motifs is 1. The Bertz CT molecular complexity index is 1160. The number of anilines is 1. The number of halogens is 4. The third-order valence-corrected chi connectivity index (χ3v) is 5.97. The Morgan fingerprint density at radius 3 is 2.61 bits per heavy atom. The second-order valence-electron chi connectivity index (χ2n) is 8.12. The number of alkyl halides is 3. The molecule has 164 valence electrons. The Morgan fingerprint density at radius 1 is 1.29 bits per heavy atom. The summed E-state index contributed by atoms with van der Waals surface area (Å²) in [6.07, 6.45) is -2.83. The molecule has 1 amide bonds. The van der Waals surface area contributed by atoms with E-state index in [1.165, 1.54) is 12.1 Å². The molecule has 1 aliphatic carbocycles. The first-order valence-electron chi connectivity index (χ1n) is 10.0. The van der Waals surface area contributed by atoms with Crippen molar-refractivity contribution >= 4 is 22.5 Å². The molecular weight excluding hydrogens is 416 g/mol. The second-order valence-corrected chi connectivity index (χ2v) is 8.12. The van der Waals surface area contributed by atoms with E-state index in [4.69, 9.17) is 0 Å². The van der Waals surface area contributed by atoms with Crippen molar-refractivity contribution in [3.05, 3.63) is 39.4 Å². The first-order valence-corrected chi connectivity index (χ1v) is 10.0. The van der Waals surface area contributed by atoms with E-state index >= 15 is 4.39 Å². The number of hydrogen-bond donors (Lipinski definition) is 1. The Labute approximate surface area is 175 Å². The zero-order valence-electron chi connectivity index (χ0n) is 16.7. The number of aryl methyl sites for hydroxylation is 1. The second kappa shape index (κ2) is 7.55. The molecule has 2 aliphatic rings. The zero-order chi connectivity index (χ0) is 22.5. The minimum absolute atomic E-state index is 0.0173. The van der Waals surface area contributed by atoms with Gasteiger partial charge in [-0.3, -0.25) is 9.59 Å². The van der Waals surface area contributed by atoms with Crippen molar-refractivity contribution in [2.24, 2.45) is 5.92 Å². The number of carbonyl (C=O) groups excluding carboxylic acids is 1. The predicted molar refractivity (Wildman–Crippen MR) is 105 cm³/mol. The molecule has 0 bridgehead atoms. The van der Waals surface area contributed by atoms with Gasteiger partial charge in [0.25, 0.3) is 5.56 Å². The molecule has 2 aromatic rings. The van der Waals surface area contributed by atoms with Crippen LogP contribution in [-0.2, 0) is 4.79 Å². The zero-order valence-corrected chi connectivity index (χ0v) is 16.7. The highest BCUT2D eigenvalue weighted by molar-refractivity contribution is 5.93. The number of nitrogens with one attached hydrogen (secondary N) is 1. The summed E-state index contributed by atoms with van der Waals surface area (Å²) in [6, 6.07) is 4.73. The van der Waals surface area contributed by atoms with Crippen molar-refractivity contribution in [2.75, 3.05) is 24.5 Å². The van der Waals surface area contributed by atoms with Gasteiger partial charge in [0.2, 0.25) is 0 Å². The van der Waals surface area contributed by atoms with Crippen LogP contribution in [0.3, 0.4) is 0 Å². The lowest BCUT2D eigenvalue weighted by Crippen LogP contribution is -2.39. The fourth-order valence-electron chi connectivity index (χ4n) is 4.37. The van der Waals surface area contributed by atoms with Gasteiger partial charge in [-0.25, -0.2) is 4.39 Å². The summed E-state index contributed by atoms with van der Waals surface area (Å²) in [6.45, 7) is 2.11. The maximum absolute atomic E-state index is 15.4. The fourth-order valence-corrected chi connectivity index (χ4v) is 4.37. The summed E-state index contributed by atoms with van der Waals surface area (Å²) in [4.78, 5) is 25.3. The molecule has 2 heterocycles. The Kier molecular flexibility index (Phi) is 5.15. The van der Waals surface area contributed by atoms with Crippen LogP contribution < -0.4 is 15.8 Å². The van der Waals surface area contributed by atoms with E-state index in [1.807, 2.05) is 11.4 Å². The molecule has 2 fully saturated rings. The van der Waals surface area contributed by atoms with Gasteiger partial charge >= 0.3 is 12.1 Å². The summed E-state index contributed by atoms with van der Waals surface area (Å²) in [5.41, 5.74) is 0.870. The highest BCUT2D eigenvalue weighted by Crippen LogP contribution is 2.41. The highest BCUT2D eigenvalue weighted by Gasteiger charge is 2.39. The molecule has 6 nitrogen and oxygen atoms in total. The lowest BCUT2D eigenvalue weighted by Gasteiger charge is -2.25. The van der Waals surface area contributed by atoms with Gasteiger partial charge in [-0.1, -0.05) is 0 Å². The van der Waals surface area contributed by atoms with Crippen molar-refractivity contribution in [3.63, 3.8) is 0 Å². The van der Waals surface area contributed by atoms with Crippen LogP contribution in [0, 0.1) is 30.0 Å². The molecule has 10 heteroatoms. The van der Waals surface area contributed by atoms with Crippen LogP contribution in [0.4, 0.5) is 23.2 Å². The Hall–Kier alpha value is -3.09. The van der Waals surface area contributed by atoms with Crippen LogP contribution in [0.5, 0.6) is 0 Å². The van der Waals surface area contributed by atoms with E-state index in [0.29, 0.717) is 29.4 Å². The van der Waals surface area contributed by atoms with E-state index in [2.05, 4.69) is 0 Å². The van der Waals surface area contributed by atoms with Crippen molar-refractivity contribution < 1.29 is 22.4 Å². The van der Waals surface area contributed by atoms with Crippen LogP contribution in [0.2, 0.25) is 0 Å². The van der Waals surface area contributed by atoms with Crippen molar-refractivity contribution in [3.8, 4) is 6.07 Å². The number of hydrogen-bond acceptors (Lipinski definition) is 4. The predicted octanol–water partition coefficient (Wildman–Crippen LogP) is 3.16. The monoisotopic (exact) mass is 436 g/mol. The van der Waals surface area contributed by atoms with E-state index in [0.717, 1.165) is 12.8 Å². The number of benzene rings is 1. The van der Waals surface area contributed by atoms with E-state index < -0.39 is 17.9 Å². The summed E-state index contributed by atoms with van der Waals surface area (Å²) >= 11 is 0. The maximum atomic E-state index is 15.4.